The SMILES string of the molecule is C[C@]1(OC(=O)c2ccccc2)C[C@@H](O)[C@]2(O)C=CO[C@@H](O[C@@H]3O[C@H](CO)[C@@H](O)[C@H](O)[C@H]3O)[C@@H]21. The van der Waals surface area contributed by atoms with Crippen molar-refractivity contribution < 1.29 is 54.4 Å². The molecular weight excluding hydrogens is 440 g/mol. The van der Waals surface area contributed by atoms with Crippen molar-refractivity contribution in [3.63, 3.8) is 0 Å². The zero-order valence-electron chi connectivity index (χ0n) is 17.8. The average Bonchev–Trinajstić information content (AvgIpc) is 3.00. The Morgan fingerprint density at radius 2 is 1.79 bits per heavy atom. The molecule has 10 atom stereocenters. The summed E-state index contributed by atoms with van der Waals surface area (Å²) < 4.78 is 22.3. The second-order valence-electron chi connectivity index (χ2n) is 8.79. The maximum atomic E-state index is 12.8. The van der Waals surface area contributed by atoms with Crippen molar-refractivity contribution in [2.75, 3.05) is 6.61 Å². The summed E-state index contributed by atoms with van der Waals surface area (Å²) in [6.07, 6.45) is -8.30. The number of fused-ring (bicyclic) bond motifs is 1. The first-order valence-electron chi connectivity index (χ1n) is 10.6. The molecule has 1 aromatic carbocycles. The molecule has 0 unspecified atom stereocenters. The smallest absolute Gasteiger partial charge is 0.338 e. The summed E-state index contributed by atoms with van der Waals surface area (Å²) in [7, 11) is 0. The van der Waals surface area contributed by atoms with Gasteiger partial charge in [-0.1, -0.05) is 18.2 Å². The minimum Gasteiger partial charge on any atom is -0.472 e. The Morgan fingerprint density at radius 1 is 1.09 bits per heavy atom. The van der Waals surface area contributed by atoms with Gasteiger partial charge in [-0.3, -0.25) is 0 Å². The normalized spacial score (nSPS) is 44.7. The van der Waals surface area contributed by atoms with Crippen LogP contribution in [0.5, 0.6) is 0 Å². The van der Waals surface area contributed by atoms with E-state index in [2.05, 4.69) is 0 Å². The van der Waals surface area contributed by atoms with Crippen LogP contribution in [-0.2, 0) is 18.9 Å². The van der Waals surface area contributed by atoms with E-state index in [9.17, 15) is 35.4 Å². The lowest BCUT2D eigenvalue weighted by Crippen LogP contribution is -2.62. The van der Waals surface area contributed by atoms with Crippen LogP contribution in [0.4, 0.5) is 0 Å². The third kappa shape index (κ3) is 4.15. The topological polar surface area (TPSA) is 175 Å². The van der Waals surface area contributed by atoms with Crippen LogP contribution in [-0.4, -0.2) is 97.5 Å². The van der Waals surface area contributed by atoms with Crippen LogP contribution in [0.25, 0.3) is 0 Å². The molecule has 1 aromatic rings. The largest absolute Gasteiger partial charge is 0.472 e. The Kier molecular flexibility index (Phi) is 6.51. The molecule has 11 heteroatoms. The van der Waals surface area contributed by atoms with Crippen molar-refractivity contribution in [1.82, 2.24) is 0 Å². The molecule has 0 amide bonds. The molecule has 6 N–H and O–H groups in total. The number of benzene rings is 1. The Labute approximate surface area is 189 Å². The number of aliphatic hydroxyl groups is 6. The summed E-state index contributed by atoms with van der Waals surface area (Å²) in [6.45, 7) is 0.862. The summed E-state index contributed by atoms with van der Waals surface area (Å²) >= 11 is 0. The minimum absolute atomic E-state index is 0.144. The van der Waals surface area contributed by atoms with E-state index in [0.29, 0.717) is 0 Å². The van der Waals surface area contributed by atoms with Gasteiger partial charge in [0.25, 0.3) is 0 Å². The van der Waals surface area contributed by atoms with Gasteiger partial charge in [0, 0.05) is 6.42 Å². The maximum absolute atomic E-state index is 12.8. The van der Waals surface area contributed by atoms with E-state index < -0.39 is 72.8 Å². The number of ether oxygens (including phenoxy) is 4. The third-order valence-electron chi connectivity index (χ3n) is 6.56. The van der Waals surface area contributed by atoms with Gasteiger partial charge in [0.15, 0.2) is 6.29 Å². The van der Waals surface area contributed by atoms with Gasteiger partial charge in [0.2, 0.25) is 6.29 Å². The Balaban J connectivity index is 1.60. The summed E-state index contributed by atoms with van der Waals surface area (Å²) in [5, 5.41) is 61.6. The van der Waals surface area contributed by atoms with E-state index in [1.165, 1.54) is 13.0 Å². The summed E-state index contributed by atoms with van der Waals surface area (Å²) in [5.41, 5.74) is -3.10. The molecule has 2 fully saturated rings. The van der Waals surface area contributed by atoms with Gasteiger partial charge < -0.3 is 49.6 Å². The molecule has 11 nitrogen and oxygen atoms in total. The van der Waals surface area contributed by atoms with Gasteiger partial charge >= 0.3 is 5.97 Å². The number of hydrogen-bond donors (Lipinski definition) is 6. The van der Waals surface area contributed by atoms with E-state index in [1.54, 1.807) is 30.3 Å². The summed E-state index contributed by atoms with van der Waals surface area (Å²) in [6, 6.07) is 8.18. The van der Waals surface area contributed by atoms with Crippen LogP contribution in [0.15, 0.2) is 42.7 Å². The highest BCUT2D eigenvalue weighted by molar-refractivity contribution is 5.89. The summed E-state index contributed by atoms with van der Waals surface area (Å²) in [4.78, 5) is 12.8. The molecule has 0 bridgehead atoms. The van der Waals surface area contributed by atoms with Crippen LogP contribution < -0.4 is 0 Å². The highest BCUT2D eigenvalue weighted by atomic mass is 16.8. The molecule has 1 saturated carbocycles. The monoisotopic (exact) mass is 468 g/mol. The van der Waals surface area contributed by atoms with Crippen molar-refractivity contribution in [3.05, 3.63) is 48.2 Å². The predicted octanol–water partition coefficient (Wildman–Crippen LogP) is -1.60. The lowest BCUT2D eigenvalue weighted by atomic mass is 9.81. The lowest BCUT2D eigenvalue weighted by molar-refractivity contribution is -0.351. The highest BCUT2D eigenvalue weighted by Crippen LogP contribution is 2.51. The molecule has 0 spiro atoms. The molecule has 2 aliphatic heterocycles. The predicted molar refractivity (Wildman–Crippen MR) is 108 cm³/mol. The fraction of sp³-hybridized carbons (Fsp3) is 0.591. The first-order chi connectivity index (χ1) is 15.6. The molecule has 4 rings (SSSR count). The number of esters is 1. The molecule has 0 aromatic heterocycles. The summed E-state index contributed by atoms with van der Waals surface area (Å²) in [5.74, 6) is -1.85. The molecule has 0 radical (unpaired) electrons. The fourth-order valence-electron chi connectivity index (χ4n) is 4.77. The van der Waals surface area contributed by atoms with Gasteiger partial charge in [-0.05, 0) is 25.1 Å². The maximum Gasteiger partial charge on any atom is 0.338 e. The third-order valence-corrected chi connectivity index (χ3v) is 6.56. The van der Waals surface area contributed by atoms with Crippen molar-refractivity contribution in [1.29, 1.82) is 0 Å². The second-order valence-corrected chi connectivity index (χ2v) is 8.79. The van der Waals surface area contributed by atoms with Crippen molar-refractivity contribution in [2.45, 2.75) is 67.6 Å². The number of hydrogen-bond acceptors (Lipinski definition) is 11. The van der Waals surface area contributed by atoms with Gasteiger partial charge in [-0.2, -0.15) is 0 Å². The minimum atomic E-state index is -1.90. The first kappa shape index (κ1) is 24.0. The molecule has 1 aliphatic carbocycles. The highest BCUT2D eigenvalue weighted by Gasteiger charge is 2.66. The van der Waals surface area contributed by atoms with E-state index in [0.717, 1.165) is 6.26 Å². The molecule has 33 heavy (non-hydrogen) atoms. The van der Waals surface area contributed by atoms with E-state index in [-0.39, 0.29) is 12.0 Å². The number of carbonyl (C=O) groups excluding carboxylic acids is 1. The van der Waals surface area contributed by atoms with Crippen LogP contribution >= 0.6 is 0 Å². The van der Waals surface area contributed by atoms with Crippen LogP contribution in [0.1, 0.15) is 23.7 Å². The number of aliphatic hydroxyl groups excluding tert-OH is 5. The number of rotatable bonds is 5. The second kappa shape index (κ2) is 8.93. The van der Waals surface area contributed by atoms with Gasteiger partial charge in [-0.15, -0.1) is 0 Å². The Morgan fingerprint density at radius 3 is 2.45 bits per heavy atom. The van der Waals surface area contributed by atoms with Crippen molar-refractivity contribution in [3.8, 4) is 0 Å². The fourth-order valence-corrected chi connectivity index (χ4v) is 4.77. The van der Waals surface area contributed by atoms with Gasteiger partial charge in [0.05, 0.1) is 30.5 Å². The zero-order chi connectivity index (χ0) is 24.0. The van der Waals surface area contributed by atoms with E-state index >= 15 is 0 Å². The zero-order valence-corrected chi connectivity index (χ0v) is 17.8. The lowest BCUT2D eigenvalue weighted by Gasteiger charge is -2.46. The van der Waals surface area contributed by atoms with Crippen LogP contribution in [0.3, 0.4) is 0 Å². The van der Waals surface area contributed by atoms with Gasteiger partial charge in [0.1, 0.15) is 35.6 Å². The molecule has 1 saturated heterocycles. The molecular formula is C22H28O11. The molecule has 3 aliphatic rings. The van der Waals surface area contributed by atoms with Gasteiger partial charge in [-0.25, -0.2) is 4.79 Å². The standard InChI is InChI=1S/C22H28O11/c1-21(33-18(28)11-5-3-2-4-6-11)9-13(24)22(29)7-8-30-20(17(21)22)32-19-16(27)15(26)14(25)12(10-23)31-19/h2-8,12-17,19-20,23-27,29H,9-10H2,1H3/t12-,13-,14-,15+,16-,17-,19+,20+,21+,22-/m1/s1. The van der Waals surface area contributed by atoms with Crippen molar-refractivity contribution >= 4 is 5.97 Å². The quantitative estimate of drug-likeness (QED) is 0.275. The molecule has 182 valence electrons. The Bertz CT molecular complexity index is 876. The van der Waals surface area contributed by atoms with E-state index in [1.807, 2.05) is 0 Å². The first-order valence-corrected chi connectivity index (χ1v) is 10.6. The van der Waals surface area contributed by atoms with Crippen LogP contribution in [0, 0.1) is 5.92 Å². The average molecular weight is 468 g/mol. The number of carbonyl (C=O) groups is 1. The van der Waals surface area contributed by atoms with Crippen LogP contribution in [0.2, 0.25) is 0 Å². The van der Waals surface area contributed by atoms with Crippen molar-refractivity contribution in [2.24, 2.45) is 5.92 Å². The molecule has 2 heterocycles. The Hall–Kier alpha value is -2.09. The van der Waals surface area contributed by atoms with E-state index in [4.69, 9.17) is 18.9 Å².